The highest BCUT2D eigenvalue weighted by Gasteiger charge is 2.08. The Labute approximate surface area is 84.7 Å². The van der Waals surface area contributed by atoms with Crippen molar-refractivity contribution in [3.8, 4) is 0 Å². The van der Waals surface area contributed by atoms with E-state index in [9.17, 15) is 4.57 Å². The van der Waals surface area contributed by atoms with E-state index in [1.807, 2.05) is 24.7 Å². The Hall–Kier alpha value is -0.770. The highest BCUT2D eigenvalue weighted by atomic mass is 31.1. The molecule has 6 heteroatoms. The topological polar surface area (TPSA) is 64.3 Å². The second-order valence-corrected chi connectivity index (χ2v) is 3.39. The minimum absolute atomic E-state index is 0.391. The van der Waals surface area contributed by atoms with Crippen molar-refractivity contribution in [1.29, 1.82) is 0 Å². The first kappa shape index (κ1) is 13.2. The van der Waals surface area contributed by atoms with E-state index in [0.717, 1.165) is 12.8 Å². The van der Waals surface area contributed by atoms with Crippen molar-refractivity contribution in [2.45, 2.75) is 19.8 Å². The summed E-state index contributed by atoms with van der Waals surface area (Å²) in [5.74, 6) is 0. The Bertz CT molecular complexity index is 239. The molecule has 5 nitrogen and oxygen atoms in total. The van der Waals surface area contributed by atoms with Crippen molar-refractivity contribution in [1.82, 2.24) is 9.55 Å². The van der Waals surface area contributed by atoms with Gasteiger partial charge in [0.2, 0.25) is 0 Å². The molecule has 0 aliphatic rings. The van der Waals surface area contributed by atoms with Gasteiger partial charge in [-0.1, -0.05) is 13.3 Å². The van der Waals surface area contributed by atoms with Crippen LogP contribution in [0.5, 0.6) is 0 Å². The number of rotatable bonds is 4. The molecular formula is C8H16N2O3P+. The predicted molar refractivity (Wildman–Crippen MR) is 53.9 cm³/mol. The lowest BCUT2D eigenvalue weighted by molar-refractivity contribution is 0.276. The zero-order chi connectivity index (χ0) is 10.8. The molecule has 1 heterocycles. The average Bonchev–Trinajstić information content (AvgIpc) is 2.57. The third kappa shape index (κ3) is 9.32. The van der Waals surface area contributed by atoms with Crippen LogP contribution in [0.1, 0.15) is 19.8 Å². The number of hydrogen-bond acceptors (Lipinski definition) is 3. The van der Waals surface area contributed by atoms with Crippen LogP contribution in [0.4, 0.5) is 0 Å². The fraction of sp³-hybridized carbons (Fsp3) is 0.625. The number of aryl methyl sites for hydroxylation is 1. The van der Waals surface area contributed by atoms with Crippen LogP contribution in [0.25, 0.3) is 0 Å². The van der Waals surface area contributed by atoms with Gasteiger partial charge in [-0.2, -0.15) is 0 Å². The van der Waals surface area contributed by atoms with Gasteiger partial charge >= 0.3 is 8.25 Å². The highest BCUT2D eigenvalue weighted by Crippen LogP contribution is 2.14. The van der Waals surface area contributed by atoms with Crippen LogP contribution < -0.4 is 0 Å². The average molecular weight is 219 g/mol. The van der Waals surface area contributed by atoms with E-state index in [-0.39, 0.29) is 0 Å². The van der Waals surface area contributed by atoms with Crippen LogP contribution in [0.2, 0.25) is 0 Å². The summed E-state index contributed by atoms with van der Waals surface area (Å²) in [7, 11) is -0.425. The molecule has 1 atom stereocenters. The monoisotopic (exact) mass is 219 g/mol. The maximum absolute atomic E-state index is 9.80. The Morgan fingerprint density at radius 1 is 1.64 bits per heavy atom. The Balaban J connectivity index is 0.000000249. The second-order valence-electron chi connectivity index (χ2n) is 2.65. The molecule has 0 saturated heterocycles. The SMILES string of the molecule is CCCCO[P+](=O)O.Cn1ccnc1. The lowest BCUT2D eigenvalue weighted by Gasteiger charge is -1.83. The van der Waals surface area contributed by atoms with Crippen LogP contribution in [-0.4, -0.2) is 21.1 Å². The zero-order valence-electron chi connectivity index (χ0n) is 8.46. The Morgan fingerprint density at radius 2 is 2.36 bits per heavy atom. The molecular weight excluding hydrogens is 203 g/mol. The van der Waals surface area contributed by atoms with Gasteiger partial charge in [0.1, 0.15) is 6.61 Å². The van der Waals surface area contributed by atoms with Gasteiger partial charge in [0.15, 0.2) is 0 Å². The summed E-state index contributed by atoms with van der Waals surface area (Å²) in [6, 6.07) is 0. The molecule has 1 rings (SSSR count). The number of nitrogens with zero attached hydrogens (tertiary/aromatic N) is 2. The normalized spacial score (nSPS) is 10.4. The van der Waals surface area contributed by atoms with Gasteiger partial charge in [-0.15, -0.1) is 9.42 Å². The number of unbranched alkanes of at least 4 members (excludes halogenated alkanes) is 1. The molecule has 0 spiro atoms. The molecule has 0 aliphatic heterocycles. The van der Waals surface area contributed by atoms with Crippen molar-refractivity contribution in [2.24, 2.45) is 7.05 Å². The van der Waals surface area contributed by atoms with E-state index >= 15 is 0 Å². The van der Waals surface area contributed by atoms with Crippen molar-refractivity contribution in [3.63, 3.8) is 0 Å². The molecule has 0 aromatic carbocycles. The molecule has 0 radical (unpaired) electrons. The summed E-state index contributed by atoms with van der Waals surface area (Å²) in [5.41, 5.74) is 0. The van der Waals surface area contributed by atoms with E-state index < -0.39 is 8.25 Å². The van der Waals surface area contributed by atoms with Gasteiger partial charge in [0.05, 0.1) is 6.33 Å². The van der Waals surface area contributed by atoms with E-state index in [4.69, 9.17) is 4.89 Å². The number of hydrogen-bond donors (Lipinski definition) is 1. The quantitative estimate of drug-likeness (QED) is 0.620. The van der Waals surface area contributed by atoms with Crippen molar-refractivity contribution < 1.29 is 14.0 Å². The molecule has 0 fully saturated rings. The third-order valence-corrected chi connectivity index (χ3v) is 1.74. The van der Waals surface area contributed by atoms with E-state index in [1.54, 1.807) is 12.5 Å². The molecule has 1 unspecified atom stereocenters. The first-order valence-electron chi connectivity index (χ1n) is 4.37. The fourth-order valence-corrected chi connectivity index (χ4v) is 0.898. The van der Waals surface area contributed by atoms with Crippen LogP contribution in [-0.2, 0) is 16.1 Å². The van der Waals surface area contributed by atoms with Gasteiger partial charge in [0, 0.05) is 24.0 Å². The van der Waals surface area contributed by atoms with Crippen molar-refractivity contribution in [2.75, 3.05) is 6.61 Å². The van der Waals surface area contributed by atoms with Gasteiger partial charge in [-0.3, -0.25) is 0 Å². The lowest BCUT2D eigenvalue weighted by atomic mass is 10.4. The highest BCUT2D eigenvalue weighted by molar-refractivity contribution is 7.32. The standard InChI is InChI=1S/C4H6N2.C4H9O3P/c1-6-3-2-5-4-6;1-2-3-4-7-8(5)6/h2-4H,1H3;2-4H2,1H3/p+1. The lowest BCUT2D eigenvalue weighted by Crippen LogP contribution is -1.82. The molecule has 1 aromatic heterocycles. The summed E-state index contributed by atoms with van der Waals surface area (Å²) in [4.78, 5) is 11.9. The minimum Gasteiger partial charge on any atom is -0.341 e. The first-order chi connectivity index (χ1) is 6.66. The predicted octanol–water partition coefficient (Wildman–Crippen LogP) is 1.87. The molecule has 14 heavy (non-hydrogen) atoms. The van der Waals surface area contributed by atoms with E-state index in [2.05, 4.69) is 9.51 Å². The zero-order valence-corrected chi connectivity index (χ0v) is 9.35. The smallest absolute Gasteiger partial charge is 0.341 e. The summed E-state index contributed by atoms with van der Waals surface area (Å²) in [6.07, 6.45) is 7.23. The summed E-state index contributed by atoms with van der Waals surface area (Å²) in [5, 5.41) is 0. The summed E-state index contributed by atoms with van der Waals surface area (Å²) in [6.45, 7) is 2.38. The largest absolute Gasteiger partial charge is 0.694 e. The van der Waals surface area contributed by atoms with Crippen LogP contribution in [0.3, 0.4) is 0 Å². The van der Waals surface area contributed by atoms with Crippen molar-refractivity contribution >= 4 is 8.25 Å². The second kappa shape index (κ2) is 8.81. The first-order valence-corrected chi connectivity index (χ1v) is 5.50. The molecule has 0 amide bonds. The van der Waals surface area contributed by atoms with Gasteiger partial charge in [-0.25, -0.2) is 4.98 Å². The van der Waals surface area contributed by atoms with Gasteiger partial charge < -0.3 is 4.57 Å². The van der Waals surface area contributed by atoms with Gasteiger partial charge in [-0.05, 0) is 6.42 Å². The summed E-state index contributed by atoms with van der Waals surface area (Å²) >= 11 is 0. The van der Waals surface area contributed by atoms with Crippen LogP contribution in [0, 0.1) is 0 Å². The number of aromatic nitrogens is 2. The van der Waals surface area contributed by atoms with Crippen LogP contribution in [0.15, 0.2) is 18.7 Å². The van der Waals surface area contributed by atoms with E-state index in [0.29, 0.717) is 6.61 Å². The molecule has 1 N–H and O–H groups in total. The molecule has 0 aliphatic carbocycles. The minimum atomic E-state index is -2.36. The fourth-order valence-electron chi connectivity index (χ4n) is 0.613. The van der Waals surface area contributed by atoms with Crippen LogP contribution >= 0.6 is 8.25 Å². The van der Waals surface area contributed by atoms with E-state index in [1.165, 1.54) is 0 Å². The Morgan fingerprint density at radius 3 is 2.64 bits per heavy atom. The molecule has 1 aromatic rings. The van der Waals surface area contributed by atoms with Gasteiger partial charge in [0.25, 0.3) is 0 Å². The maximum Gasteiger partial charge on any atom is 0.694 e. The molecule has 80 valence electrons. The summed E-state index contributed by atoms with van der Waals surface area (Å²) < 4.78 is 16.0. The maximum atomic E-state index is 9.80. The van der Waals surface area contributed by atoms with Crippen molar-refractivity contribution in [3.05, 3.63) is 18.7 Å². The third-order valence-electron chi connectivity index (χ3n) is 1.34. The molecule has 0 saturated carbocycles. The molecule has 0 bridgehead atoms. The number of imidazole rings is 1. The Kier molecular flexibility index (Phi) is 8.33.